The van der Waals surface area contributed by atoms with Crippen molar-refractivity contribution < 1.29 is 9.53 Å². The van der Waals surface area contributed by atoms with E-state index in [1.54, 1.807) is 7.11 Å². The van der Waals surface area contributed by atoms with Crippen LogP contribution in [0.5, 0.6) is 0 Å². The number of carbonyl (C=O) groups is 1. The van der Waals surface area contributed by atoms with Gasteiger partial charge in [0, 0.05) is 19.2 Å². The molecule has 0 radical (unpaired) electrons. The van der Waals surface area contributed by atoms with Crippen molar-refractivity contribution in [1.82, 2.24) is 5.32 Å². The molecule has 0 saturated carbocycles. The van der Waals surface area contributed by atoms with E-state index < -0.39 is 0 Å². The number of para-hydroxylation sites is 1. The van der Waals surface area contributed by atoms with Gasteiger partial charge in [-0.05, 0) is 17.5 Å². The molecule has 1 aliphatic heterocycles. The summed E-state index contributed by atoms with van der Waals surface area (Å²) in [6.45, 7) is 4.71. The third kappa shape index (κ3) is 3.26. The number of ether oxygens (including phenoxy) is 1. The molecule has 2 N–H and O–H groups in total. The second-order valence-corrected chi connectivity index (χ2v) is 5.37. The minimum Gasteiger partial charge on any atom is -0.383 e. The Morgan fingerprint density at radius 3 is 2.84 bits per heavy atom. The molecule has 19 heavy (non-hydrogen) atoms. The standard InChI is InChI=1S/C15H22N2O2/c1-10(2)14(9-19-3)17-15(18)13-8-11-6-4-5-7-12(11)16-13/h4-7,10,13-14,16H,8-9H2,1-3H3,(H,17,18)/t13-,14?/m0/s1. The van der Waals surface area contributed by atoms with Crippen molar-refractivity contribution in [3.05, 3.63) is 29.8 Å². The van der Waals surface area contributed by atoms with E-state index in [0.29, 0.717) is 12.5 Å². The van der Waals surface area contributed by atoms with Crippen LogP contribution in [0, 0.1) is 5.92 Å². The Balaban J connectivity index is 1.95. The van der Waals surface area contributed by atoms with Crippen LogP contribution in [-0.2, 0) is 16.0 Å². The van der Waals surface area contributed by atoms with Gasteiger partial charge in [0.15, 0.2) is 0 Å². The minimum atomic E-state index is -0.171. The maximum atomic E-state index is 12.3. The Morgan fingerprint density at radius 1 is 1.47 bits per heavy atom. The number of fused-ring (bicyclic) bond motifs is 1. The van der Waals surface area contributed by atoms with Crippen molar-refractivity contribution in [3.8, 4) is 0 Å². The van der Waals surface area contributed by atoms with Gasteiger partial charge in [-0.2, -0.15) is 0 Å². The van der Waals surface area contributed by atoms with Gasteiger partial charge >= 0.3 is 0 Å². The number of benzene rings is 1. The van der Waals surface area contributed by atoms with Gasteiger partial charge in [-0.3, -0.25) is 4.79 Å². The SMILES string of the molecule is COCC(NC(=O)[C@@H]1Cc2ccccc2N1)C(C)C. The highest BCUT2D eigenvalue weighted by atomic mass is 16.5. The summed E-state index contributed by atoms with van der Waals surface area (Å²) in [6, 6.07) is 7.94. The molecular formula is C15H22N2O2. The number of hydrogen-bond acceptors (Lipinski definition) is 3. The molecule has 1 unspecified atom stereocenters. The molecule has 0 aromatic heterocycles. The smallest absolute Gasteiger partial charge is 0.243 e. The first-order chi connectivity index (χ1) is 9.11. The highest BCUT2D eigenvalue weighted by molar-refractivity contribution is 5.87. The number of methoxy groups -OCH3 is 1. The molecular weight excluding hydrogens is 240 g/mol. The van der Waals surface area contributed by atoms with E-state index in [2.05, 4.69) is 30.5 Å². The lowest BCUT2D eigenvalue weighted by atomic mass is 10.0. The molecule has 4 heteroatoms. The zero-order chi connectivity index (χ0) is 13.8. The summed E-state index contributed by atoms with van der Waals surface area (Å²) in [5, 5.41) is 6.34. The summed E-state index contributed by atoms with van der Waals surface area (Å²) in [5.41, 5.74) is 2.27. The summed E-state index contributed by atoms with van der Waals surface area (Å²) in [5.74, 6) is 0.402. The van der Waals surface area contributed by atoms with Crippen LogP contribution >= 0.6 is 0 Å². The molecule has 1 amide bonds. The maximum absolute atomic E-state index is 12.3. The molecule has 0 saturated heterocycles. The van der Waals surface area contributed by atoms with Crippen molar-refractivity contribution in [3.63, 3.8) is 0 Å². The van der Waals surface area contributed by atoms with Gasteiger partial charge in [-0.1, -0.05) is 32.0 Å². The molecule has 104 valence electrons. The molecule has 0 bridgehead atoms. The lowest BCUT2D eigenvalue weighted by Crippen LogP contribution is -2.47. The van der Waals surface area contributed by atoms with Gasteiger partial charge in [0.2, 0.25) is 5.91 Å². The maximum Gasteiger partial charge on any atom is 0.243 e. The van der Waals surface area contributed by atoms with E-state index >= 15 is 0 Å². The Morgan fingerprint density at radius 2 is 2.21 bits per heavy atom. The Kier molecular flexibility index (Phi) is 4.43. The molecule has 0 spiro atoms. The first kappa shape index (κ1) is 13.9. The third-order valence-corrected chi connectivity index (χ3v) is 3.57. The van der Waals surface area contributed by atoms with Crippen LogP contribution in [0.25, 0.3) is 0 Å². The normalized spacial score (nSPS) is 18.8. The highest BCUT2D eigenvalue weighted by Crippen LogP contribution is 2.25. The molecule has 2 rings (SSSR count). The van der Waals surface area contributed by atoms with E-state index in [4.69, 9.17) is 4.74 Å². The van der Waals surface area contributed by atoms with Crippen LogP contribution in [0.4, 0.5) is 5.69 Å². The molecule has 1 aromatic rings. The molecule has 1 heterocycles. The highest BCUT2D eigenvalue weighted by Gasteiger charge is 2.28. The number of hydrogen-bond donors (Lipinski definition) is 2. The average molecular weight is 262 g/mol. The average Bonchev–Trinajstić information content (AvgIpc) is 2.81. The third-order valence-electron chi connectivity index (χ3n) is 3.57. The van der Waals surface area contributed by atoms with Crippen molar-refractivity contribution in [2.45, 2.75) is 32.4 Å². The second-order valence-electron chi connectivity index (χ2n) is 5.37. The van der Waals surface area contributed by atoms with E-state index in [1.807, 2.05) is 18.2 Å². The van der Waals surface area contributed by atoms with Crippen LogP contribution in [0.15, 0.2) is 24.3 Å². The summed E-state index contributed by atoms with van der Waals surface area (Å²) in [7, 11) is 1.66. The van der Waals surface area contributed by atoms with Crippen LogP contribution in [0.1, 0.15) is 19.4 Å². The fraction of sp³-hybridized carbons (Fsp3) is 0.533. The summed E-state index contributed by atoms with van der Waals surface area (Å²) in [4.78, 5) is 12.3. The van der Waals surface area contributed by atoms with Crippen molar-refractivity contribution in [2.24, 2.45) is 5.92 Å². The lowest BCUT2D eigenvalue weighted by molar-refractivity contribution is -0.123. The van der Waals surface area contributed by atoms with E-state index in [1.165, 1.54) is 5.56 Å². The van der Waals surface area contributed by atoms with Gasteiger partial charge in [0.25, 0.3) is 0 Å². The summed E-state index contributed by atoms with van der Waals surface area (Å²) >= 11 is 0. The number of anilines is 1. The Hall–Kier alpha value is -1.55. The Bertz CT molecular complexity index is 421. The first-order valence-electron chi connectivity index (χ1n) is 6.75. The largest absolute Gasteiger partial charge is 0.383 e. The minimum absolute atomic E-state index is 0.0481. The predicted molar refractivity (Wildman–Crippen MR) is 76.2 cm³/mol. The Labute approximate surface area is 114 Å². The number of carbonyl (C=O) groups excluding carboxylic acids is 1. The van der Waals surface area contributed by atoms with Gasteiger partial charge in [0.05, 0.1) is 12.6 Å². The number of amides is 1. The van der Waals surface area contributed by atoms with Gasteiger partial charge in [-0.15, -0.1) is 0 Å². The van der Waals surface area contributed by atoms with Gasteiger partial charge in [0.1, 0.15) is 6.04 Å². The van der Waals surface area contributed by atoms with Crippen LogP contribution < -0.4 is 10.6 Å². The summed E-state index contributed by atoms with van der Waals surface area (Å²) in [6.07, 6.45) is 0.750. The fourth-order valence-electron chi connectivity index (χ4n) is 2.32. The predicted octanol–water partition coefficient (Wildman–Crippen LogP) is 1.81. The van der Waals surface area contributed by atoms with E-state index in [0.717, 1.165) is 12.1 Å². The van der Waals surface area contributed by atoms with Crippen LogP contribution in [-0.4, -0.2) is 31.7 Å². The number of rotatable bonds is 5. The van der Waals surface area contributed by atoms with Gasteiger partial charge < -0.3 is 15.4 Å². The molecule has 1 aliphatic rings. The zero-order valence-electron chi connectivity index (χ0n) is 11.8. The van der Waals surface area contributed by atoms with E-state index in [9.17, 15) is 4.79 Å². The first-order valence-corrected chi connectivity index (χ1v) is 6.75. The number of nitrogens with one attached hydrogen (secondary N) is 2. The molecule has 0 fully saturated rings. The fourth-order valence-corrected chi connectivity index (χ4v) is 2.32. The molecule has 4 nitrogen and oxygen atoms in total. The molecule has 1 aromatic carbocycles. The van der Waals surface area contributed by atoms with Crippen molar-refractivity contribution >= 4 is 11.6 Å². The molecule has 2 atom stereocenters. The summed E-state index contributed by atoms with van der Waals surface area (Å²) < 4.78 is 5.16. The quantitative estimate of drug-likeness (QED) is 0.851. The van der Waals surface area contributed by atoms with Crippen LogP contribution in [0.3, 0.4) is 0 Å². The molecule has 0 aliphatic carbocycles. The zero-order valence-corrected chi connectivity index (χ0v) is 11.8. The monoisotopic (exact) mass is 262 g/mol. The van der Waals surface area contributed by atoms with Gasteiger partial charge in [-0.25, -0.2) is 0 Å². The van der Waals surface area contributed by atoms with E-state index in [-0.39, 0.29) is 18.0 Å². The lowest BCUT2D eigenvalue weighted by Gasteiger charge is -2.23. The van der Waals surface area contributed by atoms with Crippen molar-refractivity contribution in [2.75, 3.05) is 19.0 Å². The van der Waals surface area contributed by atoms with Crippen molar-refractivity contribution in [1.29, 1.82) is 0 Å². The van der Waals surface area contributed by atoms with Crippen LogP contribution in [0.2, 0.25) is 0 Å². The second kappa shape index (κ2) is 6.06. The topological polar surface area (TPSA) is 50.4 Å².